The quantitative estimate of drug-likeness (QED) is 0.782. The molecule has 0 N–H and O–H groups in total. The van der Waals surface area contributed by atoms with Gasteiger partial charge in [0.2, 0.25) is 0 Å². The summed E-state index contributed by atoms with van der Waals surface area (Å²) in [6.07, 6.45) is 0.0220. The summed E-state index contributed by atoms with van der Waals surface area (Å²) in [6, 6.07) is 9.33. The molecule has 0 heterocycles. The Bertz CT molecular complexity index is 483. The summed E-state index contributed by atoms with van der Waals surface area (Å²) in [5, 5.41) is 9.23. The van der Waals surface area contributed by atoms with Crippen molar-refractivity contribution in [1.29, 1.82) is 5.26 Å². The van der Waals surface area contributed by atoms with Crippen molar-refractivity contribution in [2.24, 2.45) is 0 Å². The molecule has 102 valence electrons. The van der Waals surface area contributed by atoms with Gasteiger partial charge < -0.3 is 9.47 Å². The molecule has 1 aromatic rings. The first-order valence-electron chi connectivity index (χ1n) is 6.11. The van der Waals surface area contributed by atoms with Gasteiger partial charge in [-0.3, -0.25) is 4.79 Å². The van der Waals surface area contributed by atoms with Crippen LogP contribution in [-0.4, -0.2) is 18.7 Å². The van der Waals surface area contributed by atoms with Gasteiger partial charge in [0.1, 0.15) is 11.4 Å². The van der Waals surface area contributed by atoms with Crippen molar-refractivity contribution in [3.63, 3.8) is 0 Å². The summed E-state index contributed by atoms with van der Waals surface area (Å²) >= 11 is 0. The van der Waals surface area contributed by atoms with Gasteiger partial charge in [0.25, 0.3) is 0 Å². The average Bonchev–Trinajstić information content (AvgIpc) is 2.33. The van der Waals surface area contributed by atoms with Gasteiger partial charge in [-0.2, -0.15) is 5.26 Å². The Morgan fingerprint density at radius 1 is 1.37 bits per heavy atom. The molecule has 0 radical (unpaired) electrons. The third-order valence-corrected chi connectivity index (χ3v) is 2.46. The Morgan fingerprint density at radius 3 is 2.53 bits per heavy atom. The number of hydrogen-bond acceptors (Lipinski definition) is 4. The minimum atomic E-state index is -0.564. The summed E-state index contributed by atoms with van der Waals surface area (Å²) in [4.78, 5) is 11.8. The maximum Gasteiger partial charge on any atom is 0.307 e. The fourth-order valence-corrected chi connectivity index (χ4v) is 1.73. The van der Waals surface area contributed by atoms with Gasteiger partial charge in [0.15, 0.2) is 0 Å². The molecule has 1 atom stereocenters. The molecular formula is C15H19NO3. The SMILES string of the molecule is COc1ccccc1C(C#N)CC(=O)OC(C)(C)C. The molecule has 0 saturated carbocycles. The topological polar surface area (TPSA) is 59.3 Å². The van der Waals surface area contributed by atoms with Crippen LogP contribution in [0.2, 0.25) is 0 Å². The van der Waals surface area contributed by atoms with Gasteiger partial charge in [-0.05, 0) is 26.8 Å². The molecule has 0 bridgehead atoms. The van der Waals surface area contributed by atoms with Crippen LogP contribution in [0.3, 0.4) is 0 Å². The van der Waals surface area contributed by atoms with E-state index in [0.717, 1.165) is 0 Å². The number of benzene rings is 1. The lowest BCUT2D eigenvalue weighted by Crippen LogP contribution is -2.24. The minimum Gasteiger partial charge on any atom is -0.496 e. The smallest absolute Gasteiger partial charge is 0.307 e. The van der Waals surface area contributed by atoms with E-state index in [4.69, 9.17) is 9.47 Å². The largest absolute Gasteiger partial charge is 0.496 e. The number of carbonyl (C=O) groups excluding carboxylic acids is 1. The summed E-state index contributed by atoms with van der Waals surface area (Å²) < 4.78 is 10.4. The lowest BCUT2D eigenvalue weighted by molar-refractivity contribution is -0.155. The first kappa shape index (κ1) is 15.0. The third kappa shape index (κ3) is 4.63. The highest BCUT2D eigenvalue weighted by Gasteiger charge is 2.23. The molecule has 0 fully saturated rings. The Kier molecular flexibility index (Phi) is 4.94. The first-order valence-corrected chi connectivity index (χ1v) is 6.11. The number of hydrogen-bond donors (Lipinski definition) is 0. The average molecular weight is 261 g/mol. The van der Waals surface area contributed by atoms with Gasteiger partial charge in [-0.25, -0.2) is 0 Å². The molecule has 0 aliphatic rings. The van der Waals surface area contributed by atoms with E-state index in [-0.39, 0.29) is 12.4 Å². The van der Waals surface area contributed by atoms with Gasteiger partial charge in [0, 0.05) is 5.56 Å². The molecule has 0 aromatic heterocycles. The van der Waals surface area contributed by atoms with Crippen molar-refractivity contribution in [2.45, 2.75) is 38.7 Å². The Labute approximate surface area is 113 Å². The van der Waals surface area contributed by atoms with Crippen molar-refractivity contribution in [2.75, 3.05) is 7.11 Å². The van der Waals surface area contributed by atoms with E-state index < -0.39 is 11.5 Å². The first-order chi connectivity index (χ1) is 8.87. The second-order valence-corrected chi connectivity index (χ2v) is 5.21. The van der Waals surface area contributed by atoms with Crippen LogP contribution in [0, 0.1) is 11.3 Å². The van der Waals surface area contributed by atoms with Crippen molar-refractivity contribution in [3.8, 4) is 11.8 Å². The van der Waals surface area contributed by atoms with E-state index in [1.54, 1.807) is 40.0 Å². The van der Waals surface area contributed by atoms with Crippen LogP contribution in [0.25, 0.3) is 0 Å². The van der Waals surface area contributed by atoms with Crippen molar-refractivity contribution >= 4 is 5.97 Å². The summed E-state index contributed by atoms with van der Waals surface area (Å²) in [5.74, 6) is -0.339. The normalized spacial score (nSPS) is 12.4. The standard InChI is InChI=1S/C15H19NO3/c1-15(2,3)19-14(17)9-11(10-16)12-7-5-6-8-13(12)18-4/h5-8,11H,9H2,1-4H3. The van der Waals surface area contributed by atoms with Gasteiger partial charge >= 0.3 is 5.97 Å². The van der Waals surface area contributed by atoms with E-state index in [1.807, 2.05) is 12.1 Å². The fourth-order valence-electron chi connectivity index (χ4n) is 1.73. The van der Waals surface area contributed by atoms with Gasteiger partial charge in [0.05, 0.1) is 25.5 Å². The van der Waals surface area contributed by atoms with Crippen molar-refractivity contribution in [1.82, 2.24) is 0 Å². The molecule has 4 heteroatoms. The van der Waals surface area contributed by atoms with E-state index in [2.05, 4.69) is 6.07 Å². The van der Waals surface area contributed by atoms with Crippen LogP contribution in [0.4, 0.5) is 0 Å². The zero-order chi connectivity index (χ0) is 14.5. The fraction of sp³-hybridized carbons (Fsp3) is 0.467. The molecule has 0 spiro atoms. The van der Waals surface area contributed by atoms with Crippen LogP contribution >= 0.6 is 0 Å². The van der Waals surface area contributed by atoms with Crippen molar-refractivity contribution in [3.05, 3.63) is 29.8 Å². The Balaban J connectivity index is 2.85. The molecule has 19 heavy (non-hydrogen) atoms. The zero-order valence-corrected chi connectivity index (χ0v) is 11.8. The summed E-state index contributed by atoms with van der Waals surface area (Å²) in [5.41, 5.74) is 0.163. The highest BCUT2D eigenvalue weighted by atomic mass is 16.6. The number of nitrogens with zero attached hydrogens (tertiary/aromatic N) is 1. The van der Waals surface area contributed by atoms with Crippen LogP contribution < -0.4 is 4.74 Å². The van der Waals surface area contributed by atoms with Crippen LogP contribution in [0.15, 0.2) is 24.3 Å². The second-order valence-electron chi connectivity index (χ2n) is 5.21. The van der Waals surface area contributed by atoms with Crippen molar-refractivity contribution < 1.29 is 14.3 Å². The number of rotatable bonds is 4. The minimum absolute atomic E-state index is 0.0220. The Morgan fingerprint density at radius 2 is 2.00 bits per heavy atom. The Hall–Kier alpha value is -2.02. The maximum atomic E-state index is 11.8. The molecule has 0 aliphatic heterocycles. The molecule has 1 unspecified atom stereocenters. The molecule has 1 rings (SSSR count). The summed E-state index contributed by atoms with van der Waals surface area (Å²) in [6.45, 7) is 5.40. The highest BCUT2D eigenvalue weighted by Crippen LogP contribution is 2.29. The predicted molar refractivity (Wildman–Crippen MR) is 71.8 cm³/mol. The van der Waals surface area contributed by atoms with E-state index in [0.29, 0.717) is 11.3 Å². The van der Waals surface area contributed by atoms with E-state index in [1.165, 1.54) is 0 Å². The number of esters is 1. The molecule has 0 saturated heterocycles. The summed E-state index contributed by atoms with van der Waals surface area (Å²) in [7, 11) is 1.54. The number of methoxy groups -OCH3 is 1. The maximum absolute atomic E-state index is 11.8. The second kappa shape index (κ2) is 6.24. The predicted octanol–water partition coefficient (Wildman–Crippen LogP) is 3.03. The van der Waals surface area contributed by atoms with E-state index >= 15 is 0 Å². The molecule has 4 nitrogen and oxygen atoms in total. The monoisotopic (exact) mass is 261 g/mol. The molecule has 1 aromatic carbocycles. The number of nitriles is 1. The van der Waals surface area contributed by atoms with Crippen LogP contribution in [-0.2, 0) is 9.53 Å². The van der Waals surface area contributed by atoms with Gasteiger partial charge in [-0.15, -0.1) is 0 Å². The number of para-hydroxylation sites is 1. The molecular weight excluding hydrogens is 242 g/mol. The van der Waals surface area contributed by atoms with Crippen LogP contribution in [0.1, 0.15) is 38.7 Å². The highest BCUT2D eigenvalue weighted by molar-refractivity contribution is 5.72. The van der Waals surface area contributed by atoms with E-state index in [9.17, 15) is 10.1 Å². The molecule has 0 amide bonds. The lowest BCUT2D eigenvalue weighted by Gasteiger charge is -2.20. The zero-order valence-electron chi connectivity index (χ0n) is 11.8. The lowest BCUT2D eigenvalue weighted by atomic mass is 9.96. The van der Waals surface area contributed by atoms with Gasteiger partial charge in [-0.1, -0.05) is 18.2 Å². The number of carbonyl (C=O) groups is 1. The third-order valence-electron chi connectivity index (χ3n) is 2.46. The molecule has 0 aliphatic carbocycles. The van der Waals surface area contributed by atoms with Crippen LogP contribution in [0.5, 0.6) is 5.75 Å². The number of ether oxygens (including phenoxy) is 2.